The van der Waals surface area contributed by atoms with Crippen LogP contribution < -0.4 is 16.8 Å². The van der Waals surface area contributed by atoms with Gasteiger partial charge >= 0.3 is 0 Å². The van der Waals surface area contributed by atoms with E-state index in [0.717, 1.165) is 17.8 Å². The summed E-state index contributed by atoms with van der Waals surface area (Å²) in [5, 5.41) is 4.94. The van der Waals surface area contributed by atoms with Gasteiger partial charge in [-0.15, -0.1) is 23.1 Å². The molecule has 0 bridgehead atoms. The molecule has 0 saturated heterocycles. The largest absolute Gasteiger partial charge is 0.369 e. The van der Waals surface area contributed by atoms with E-state index >= 15 is 0 Å². The van der Waals surface area contributed by atoms with Crippen LogP contribution in [0.3, 0.4) is 0 Å². The summed E-state index contributed by atoms with van der Waals surface area (Å²) in [5.41, 5.74) is 13.1. The average molecular weight is 371 g/mol. The van der Waals surface area contributed by atoms with Crippen molar-refractivity contribution in [2.24, 2.45) is 16.5 Å². The van der Waals surface area contributed by atoms with Gasteiger partial charge in [0.25, 0.3) is 0 Å². The fourth-order valence-electron chi connectivity index (χ4n) is 2.74. The fourth-order valence-corrected chi connectivity index (χ4v) is 5.83. The zero-order valence-corrected chi connectivity index (χ0v) is 14.9. The molecule has 2 amide bonds. The van der Waals surface area contributed by atoms with E-state index in [4.69, 9.17) is 11.5 Å². The van der Waals surface area contributed by atoms with Crippen LogP contribution in [0.1, 0.15) is 34.2 Å². The molecule has 0 saturated carbocycles. The van der Waals surface area contributed by atoms with Gasteiger partial charge in [-0.2, -0.15) is 0 Å². The number of nitrogens with zero attached hydrogens (tertiary/aromatic N) is 1. The molecule has 1 aromatic heterocycles. The van der Waals surface area contributed by atoms with Crippen LogP contribution in [0, 0.1) is 0 Å². The molecule has 0 radical (unpaired) electrons. The smallest absolute Gasteiger partial charge is 0.227 e. The van der Waals surface area contributed by atoms with Crippen LogP contribution in [0.25, 0.3) is 0 Å². The third kappa shape index (κ3) is 3.84. The Bertz CT molecular complexity index is 671. The van der Waals surface area contributed by atoms with E-state index in [2.05, 4.69) is 10.3 Å². The second kappa shape index (κ2) is 7.14. The minimum absolute atomic E-state index is 0.146. The zero-order chi connectivity index (χ0) is 16.4. The molecule has 2 aliphatic rings. The number of primary amides is 2. The predicted molar refractivity (Wildman–Crippen MR) is 98.1 cm³/mol. The molecule has 1 aromatic rings. The van der Waals surface area contributed by atoms with Gasteiger partial charge < -0.3 is 16.8 Å². The summed E-state index contributed by atoms with van der Waals surface area (Å²) in [4.78, 5) is 28.2. The Labute approximate surface area is 146 Å². The first-order chi connectivity index (χ1) is 11.0. The molecule has 1 aliphatic carbocycles. The number of aryl methyl sites for hydroxylation is 1. The van der Waals surface area contributed by atoms with Crippen molar-refractivity contribution in [2.75, 3.05) is 16.8 Å². The van der Waals surface area contributed by atoms with E-state index in [1.807, 2.05) is 0 Å². The number of aliphatic imine (C=N–C) groups is 1. The van der Waals surface area contributed by atoms with Crippen LogP contribution in [0.2, 0.25) is 0 Å². The lowest BCUT2D eigenvalue weighted by atomic mass is 9.95. The molecular formula is C14H18N4O2S3. The van der Waals surface area contributed by atoms with Crippen molar-refractivity contribution in [1.29, 1.82) is 0 Å². The number of carbonyl (C=O) groups is 2. The summed E-state index contributed by atoms with van der Waals surface area (Å²) < 4.78 is 0. The first kappa shape index (κ1) is 16.7. The van der Waals surface area contributed by atoms with Crippen LogP contribution in [-0.2, 0) is 22.4 Å². The van der Waals surface area contributed by atoms with Gasteiger partial charge in [0, 0.05) is 10.4 Å². The number of hydrogen-bond acceptors (Lipinski definition) is 7. The van der Waals surface area contributed by atoms with Gasteiger partial charge in [0.1, 0.15) is 10.4 Å². The molecule has 0 fully saturated rings. The van der Waals surface area contributed by atoms with E-state index in [-0.39, 0.29) is 28.7 Å². The minimum Gasteiger partial charge on any atom is -0.369 e. The second-order valence-electron chi connectivity index (χ2n) is 5.40. The second-order valence-corrected chi connectivity index (χ2v) is 8.54. The number of carbonyl (C=O) groups excluding carboxylic acids is 2. The highest BCUT2D eigenvalue weighted by molar-refractivity contribution is 8.14. The number of anilines is 1. The van der Waals surface area contributed by atoms with E-state index in [9.17, 15) is 9.59 Å². The molecule has 9 heteroatoms. The third-order valence-corrected chi connectivity index (χ3v) is 6.89. The summed E-state index contributed by atoms with van der Waals surface area (Å²) in [6.45, 7) is 0. The molecule has 1 atom stereocenters. The van der Waals surface area contributed by atoms with Crippen LogP contribution in [0.4, 0.5) is 5.00 Å². The molecule has 0 aromatic carbocycles. The van der Waals surface area contributed by atoms with E-state index in [1.165, 1.54) is 52.4 Å². The van der Waals surface area contributed by atoms with Gasteiger partial charge in [0.2, 0.25) is 11.8 Å². The zero-order valence-electron chi connectivity index (χ0n) is 12.5. The topological polar surface area (TPSA) is 111 Å². The van der Waals surface area contributed by atoms with Crippen molar-refractivity contribution in [3.8, 4) is 0 Å². The highest BCUT2D eigenvalue weighted by Gasteiger charge is 2.30. The van der Waals surface area contributed by atoms with Crippen molar-refractivity contribution in [1.82, 2.24) is 0 Å². The maximum absolute atomic E-state index is 11.2. The Morgan fingerprint density at radius 1 is 1.22 bits per heavy atom. The Morgan fingerprint density at radius 3 is 2.70 bits per heavy atom. The Kier molecular flexibility index (Phi) is 5.17. The van der Waals surface area contributed by atoms with Crippen molar-refractivity contribution < 1.29 is 9.59 Å². The molecule has 5 N–H and O–H groups in total. The number of fused-ring (bicyclic) bond motifs is 3. The number of hydrogen-bond donors (Lipinski definition) is 3. The molecule has 124 valence electrons. The number of rotatable bonds is 5. The lowest BCUT2D eigenvalue weighted by molar-refractivity contribution is -0.116. The molecule has 1 aliphatic heterocycles. The molecule has 3 rings (SSSR count). The molecule has 2 heterocycles. The van der Waals surface area contributed by atoms with Gasteiger partial charge in [-0.05, 0) is 31.2 Å². The summed E-state index contributed by atoms with van der Waals surface area (Å²) in [5.74, 6) is -0.316. The molecule has 0 spiro atoms. The maximum atomic E-state index is 11.2. The molecule has 6 nitrogen and oxygen atoms in total. The Balaban J connectivity index is 1.87. The number of amidine groups is 1. The standard InChI is InChI=1S/C14H18N4O2S3/c15-9(19)5-21-12-11-7-3-1-2-4-8(7)23-13(11)18-14(17-12)22-6-10(16)20/h12H,1-6H2,(H2,15,19)(H2,16,20)(H,17,18)/t12-/m0/s1. The number of nitrogens with two attached hydrogens (primary N) is 2. The van der Waals surface area contributed by atoms with Gasteiger partial charge in [-0.1, -0.05) is 11.8 Å². The highest BCUT2D eigenvalue weighted by Crippen LogP contribution is 2.48. The number of nitrogens with one attached hydrogen (secondary N) is 1. The third-order valence-electron chi connectivity index (χ3n) is 3.65. The quantitative estimate of drug-likeness (QED) is 0.732. The number of thioether (sulfide) groups is 2. The summed E-state index contributed by atoms with van der Waals surface area (Å²) >= 11 is 4.50. The summed E-state index contributed by atoms with van der Waals surface area (Å²) in [7, 11) is 0. The van der Waals surface area contributed by atoms with Crippen LogP contribution in [0.15, 0.2) is 4.99 Å². The monoisotopic (exact) mass is 370 g/mol. The normalized spacial score (nSPS) is 19.3. The Morgan fingerprint density at radius 2 is 1.96 bits per heavy atom. The van der Waals surface area contributed by atoms with Gasteiger partial charge in [-0.25, -0.2) is 4.99 Å². The summed E-state index contributed by atoms with van der Waals surface area (Å²) in [6, 6.07) is 0. The van der Waals surface area contributed by atoms with E-state index < -0.39 is 0 Å². The average Bonchev–Trinajstić information content (AvgIpc) is 2.89. The van der Waals surface area contributed by atoms with Crippen molar-refractivity contribution >= 4 is 56.8 Å². The SMILES string of the molecule is NC(=O)CSC1=N[C@@H](SCC(N)=O)c2c(sc3c2CCCC3)N1. The van der Waals surface area contributed by atoms with Crippen molar-refractivity contribution in [3.05, 3.63) is 16.0 Å². The predicted octanol–water partition coefficient (Wildman–Crippen LogP) is 1.84. The fraction of sp³-hybridized carbons (Fsp3) is 0.500. The minimum atomic E-state index is -0.378. The van der Waals surface area contributed by atoms with Gasteiger partial charge in [0.05, 0.1) is 11.5 Å². The van der Waals surface area contributed by atoms with Gasteiger partial charge in [-0.3, -0.25) is 9.59 Å². The molecule has 0 unspecified atom stereocenters. The van der Waals surface area contributed by atoms with E-state index in [1.54, 1.807) is 11.3 Å². The first-order valence-electron chi connectivity index (χ1n) is 7.35. The molecular weight excluding hydrogens is 352 g/mol. The van der Waals surface area contributed by atoms with Crippen molar-refractivity contribution in [3.63, 3.8) is 0 Å². The van der Waals surface area contributed by atoms with Crippen LogP contribution in [0.5, 0.6) is 0 Å². The lowest BCUT2D eigenvalue weighted by Gasteiger charge is -2.23. The lowest BCUT2D eigenvalue weighted by Crippen LogP contribution is -2.21. The van der Waals surface area contributed by atoms with Crippen LogP contribution >= 0.6 is 34.9 Å². The van der Waals surface area contributed by atoms with E-state index in [0.29, 0.717) is 5.17 Å². The first-order valence-corrected chi connectivity index (χ1v) is 10.2. The Hall–Kier alpha value is -1.19. The molecule has 23 heavy (non-hydrogen) atoms. The van der Waals surface area contributed by atoms with Crippen LogP contribution in [-0.4, -0.2) is 28.5 Å². The van der Waals surface area contributed by atoms with Crippen molar-refractivity contribution in [2.45, 2.75) is 31.1 Å². The number of thiophene rings is 1. The van der Waals surface area contributed by atoms with Gasteiger partial charge in [0.15, 0.2) is 5.17 Å². The highest BCUT2D eigenvalue weighted by atomic mass is 32.2. The summed E-state index contributed by atoms with van der Waals surface area (Å²) in [6.07, 6.45) is 4.58. The maximum Gasteiger partial charge on any atom is 0.227 e. The number of amides is 2.